The van der Waals surface area contributed by atoms with E-state index in [9.17, 15) is 4.79 Å². The van der Waals surface area contributed by atoms with Gasteiger partial charge < -0.3 is 9.80 Å². The molecule has 4 heteroatoms. The highest BCUT2D eigenvalue weighted by molar-refractivity contribution is 5.94. The SMILES string of the molecule is O=C(c1ccc(CN2CCCC2)cc1)N1CCN(C=Cc2ccccc2)CC1. The van der Waals surface area contributed by atoms with Gasteiger partial charge in [-0.2, -0.15) is 0 Å². The number of piperazine rings is 1. The van der Waals surface area contributed by atoms with Crippen molar-refractivity contribution in [3.63, 3.8) is 0 Å². The second-order valence-electron chi connectivity index (χ2n) is 7.73. The van der Waals surface area contributed by atoms with Gasteiger partial charge in [0.2, 0.25) is 0 Å². The lowest BCUT2D eigenvalue weighted by atomic mass is 10.1. The Balaban J connectivity index is 1.28. The quantitative estimate of drug-likeness (QED) is 0.797. The molecule has 0 saturated carbocycles. The van der Waals surface area contributed by atoms with Crippen LogP contribution in [0.2, 0.25) is 0 Å². The molecular weight excluding hydrogens is 346 g/mol. The molecule has 2 aliphatic rings. The molecule has 28 heavy (non-hydrogen) atoms. The van der Waals surface area contributed by atoms with Crippen LogP contribution in [0.25, 0.3) is 6.08 Å². The Morgan fingerprint density at radius 1 is 0.821 bits per heavy atom. The van der Waals surface area contributed by atoms with Gasteiger partial charge in [0.25, 0.3) is 5.91 Å². The highest BCUT2D eigenvalue weighted by Crippen LogP contribution is 2.15. The van der Waals surface area contributed by atoms with E-state index in [0.717, 1.165) is 38.3 Å². The maximum atomic E-state index is 12.8. The molecule has 0 aliphatic carbocycles. The molecule has 2 fully saturated rings. The zero-order chi connectivity index (χ0) is 19.2. The molecule has 0 spiro atoms. The predicted molar refractivity (Wildman–Crippen MR) is 114 cm³/mol. The van der Waals surface area contributed by atoms with Crippen molar-refractivity contribution in [2.24, 2.45) is 0 Å². The van der Waals surface area contributed by atoms with E-state index in [1.165, 1.54) is 37.1 Å². The highest BCUT2D eigenvalue weighted by atomic mass is 16.2. The fourth-order valence-electron chi connectivity index (χ4n) is 3.96. The zero-order valence-corrected chi connectivity index (χ0v) is 16.5. The summed E-state index contributed by atoms with van der Waals surface area (Å²) < 4.78 is 0. The molecule has 2 heterocycles. The van der Waals surface area contributed by atoms with Crippen molar-refractivity contribution < 1.29 is 4.79 Å². The van der Waals surface area contributed by atoms with Crippen LogP contribution in [-0.4, -0.2) is 59.9 Å². The molecule has 2 aromatic rings. The smallest absolute Gasteiger partial charge is 0.253 e. The van der Waals surface area contributed by atoms with Crippen LogP contribution < -0.4 is 0 Å². The van der Waals surface area contributed by atoms with Crippen LogP contribution >= 0.6 is 0 Å². The van der Waals surface area contributed by atoms with Gasteiger partial charge in [0.05, 0.1) is 0 Å². The van der Waals surface area contributed by atoms with Crippen molar-refractivity contribution in [3.8, 4) is 0 Å². The van der Waals surface area contributed by atoms with E-state index in [4.69, 9.17) is 0 Å². The average molecular weight is 376 g/mol. The molecule has 0 aromatic heterocycles. The number of amides is 1. The number of hydrogen-bond donors (Lipinski definition) is 0. The Morgan fingerprint density at radius 3 is 2.18 bits per heavy atom. The lowest BCUT2D eigenvalue weighted by Crippen LogP contribution is -2.46. The molecule has 2 aliphatic heterocycles. The number of hydrogen-bond acceptors (Lipinski definition) is 3. The molecule has 4 nitrogen and oxygen atoms in total. The highest BCUT2D eigenvalue weighted by Gasteiger charge is 2.21. The Hall–Kier alpha value is -2.59. The number of nitrogens with zero attached hydrogens (tertiary/aromatic N) is 3. The third kappa shape index (κ3) is 4.82. The monoisotopic (exact) mass is 375 g/mol. The Bertz CT molecular complexity index is 786. The third-order valence-corrected chi connectivity index (χ3v) is 5.68. The molecule has 0 unspecified atom stereocenters. The minimum Gasteiger partial charge on any atom is -0.374 e. The van der Waals surface area contributed by atoms with Gasteiger partial charge in [0.15, 0.2) is 0 Å². The van der Waals surface area contributed by atoms with Gasteiger partial charge in [0, 0.05) is 38.3 Å². The summed E-state index contributed by atoms with van der Waals surface area (Å²) in [7, 11) is 0. The fraction of sp³-hybridized carbons (Fsp3) is 0.375. The van der Waals surface area contributed by atoms with Crippen LogP contribution in [0.4, 0.5) is 0 Å². The minimum absolute atomic E-state index is 0.152. The van der Waals surface area contributed by atoms with Gasteiger partial charge in [-0.1, -0.05) is 42.5 Å². The second-order valence-corrected chi connectivity index (χ2v) is 7.73. The maximum absolute atomic E-state index is 12.8. The summed E-state index contributed by atoms with van der Waals surface area (Å²) in [5.74, 6) is 0.152. The minimum atomic E-state index is 0.152. The van der Waals surface area contributed by atoms with Gasteiger partial charge >= 0.3 is 0 Å². The van der Waals surface area contributed by atoms with E-state index in [-0.39, 0.29) is 5.91 Å². The van der Waals surface area contributed by atoms with Crippen LogP contribution in [0.15, 0.2) is 60.8 Å². The van der Waals surface area contributed by atoms with Gasteiger partial charge in [-0.25, -0.2) is 0 Å². The third-order valence-electron chi connectivity index (χ3n) is 5.68. The molecule has 0 N–H and O–H groups in total. The van der Waals surface area contributed by atoms with E-state index in [1.54, 1.807) is 0 Å². The van der Waals surface area contributed by atoms with Crippen molar-refractivity contribution in [2.75, 3.05) is 39.3 Å². The second kappa shape index (κ2) is 9.07. The lowest BCUT2D eigenvalue weighted by molar-refractivity contribution is 0.0680. The molecular formula is C24H29N3O. The maximum Gasteiger partial charge on any atom is 0.253 e. The van der Waals surface area contributed by atoms with E-state index in [2.05, 4.69) is 46.3 Å². The summed E-state index contributed by atoms with van der Waals surface area (Å²) in [5.41, 5.74) is 3.31. The van der Waals surface area contributed by atoms with Gasteiger partial charge in [-0.05, 0) is 61.5 Å². The average Bonchev–Trinajstić information content (AvgIpc) is 3.26. The summed E-state index contributed by atoms with van der Waals surface area (Å²) in [6, 6.07) is 18.5. The molecule has 0 atom stereocenters. The number of benzene rings is 2. The van der Waals surface area contributed by atoms with Crippen LogP contribution in [0.1, 0.15) is 34.3 Å². The number of carbonyl (C=O) groups excluding carboxylic acids is 1. The first kappa shape index (κ1) is 18.8. The summed E-state index contributed by atoms with van der Waals surface area (Å²) >= 11 is 0. The van der Waals surface area contributed by atoms with E-state index in [0.29, 0.717) is 0 Å². The van der Waals surface area contributed by atoms with Gasteiger partial charge in [-0.15, -0.1) is 0 Å². The Labute approximate surface area is 168 Å². The summed E-state index contributed by atoms with van der Waals surface area (Å²) in [6.07, 6.45) is 6.90. The predicted octanol–water partition coefficient (Wildman–Crippen LogP) is 3.71. The molecule has 2 aromatic carbocycles. The first-order valence-corrected chi connectivity index (χ1v) is 10.4. The summed E-state index contributed by atoms with van der Waals surface area (Å²) in [6.45, 7) is 6.69. The van der Waals surface area contributed by atoms with Crippen molar-refractivity contribution in [3.05, 3.63) is 77.5 Å². The number of rotatable bonds is 5. The summed E-state index contributed by atoms with van der Waals surface area (Å²) in [4.78, 5) is 19.6. The Morgan fingerprint density at radius 2 is 1.50 bits per heavy atom. The fourth-order valence-corrected chi connectivity index (χ4v) is 3.96. The normalized spacial score (nSPS) is 18.1. The van der Waals surface area contributed by atoms with Crippen LogP contribution in [-0.2, 0) is 6.54 Å². The Kier molecular flexibility index (Phi) is 6.07. The molecule has 1 amide bonds. The van der Waals surface area contributed by atoms with Crippen LogP contribution in [0.5, 0.6) is 0 Å². The first-order valence-electron chi connectivity index (χ1n) is 10.4. The standard InChI is InChI=1S/C24H29N3O/c28-24(23-10-8-22(9-11-23)20-26-13-4-5-14-26)27-18-16-25(17-19-27)15-12-21-6-2-1-3-7-21/h1-3,6-12,15H,4-5,13-14,16-20H2. The van der Waals surface area contributed by atoms with Crippen molar-refractivity contribution in [1.82, 2.24) is 14.7 Å². The van der Waals surface area contributed by atoms with Crippen LogP contribution in [0.3, 0.4) is 0 Å². The number of carbonyl (C=O) groups is 1. The number of likely N-dealkylation sites (tertiary alicyclic amines) is 1. The van der Waals surface area contributed by atoms with E-state index < -0.39 is 0 Å². The molecule has 4 rings (SSSR count). The molecule has 146 valence electrons. The van der Waals surface area contributed by atoms with Crippen molar-refractivity contribution in [2.45, 2.75) is 19.4 Å². The van der Waals surface area contributed by atoms with Crippen molar-refractivity contribution in [1.29, 1.82) is 0 Å². The lowest BCUT2D eigenvalue weighted by Gasteiger charge is -2.34. The largest absolute Gasteiger partial charge is 0.374 e. The zero-order valence-electron chi connectivity index (χ0n) is 16.5. The van der Waals surface area contributed by atoms with Crippen LogP contribution in [0, 0.1) is 0 Å². The van der Waals surface area contributed by atoms with E-state index >= 15 is 0 Å². The van der Waals surface area contributed by atoms with E-state index in [1.807, 2.05) is 35.2 Å². The van der Waals surface area contributed by atoms with Gasteiger partial charge in [-0.3, -0.25) is 9.69 Å². The molecule has 0 radical (unpaired) electrons. The van der Waals surface area contributed by atoms with Crippen molar-refractivity contribution >= 4 is 12.0 Å². The topological polar surface area (TPSA) is 26.8 Å². The molecule has 2 saturated heterocycles. The molecule has 0 bridgehead atoms. The first-order chi connectivity index (χ1) is 13.8. The summed E-state index contributed by atoms with van der Waals surface area (Å²) in [5, 5.41) is 0. The van der Waals surface area contributed by atoms with Gasteiger partial charge in [0.1, 0.15) is 0 Å².